The molecule has 1 aliphatic rings. The van der Waals surface area contributed by atoms with Gasteiger partial charge in [0.1, 0.15) is 11.2 Å². The predicted octanol–water partition coefficient (Wildman–Crippen LogP) is 4.89. The van der Waals surface area contributed by atoms with Gasteiger partial charge in [0.05, 0.1) is 19.9 Å². The molecule has 0 radical (unpaired) electrons. The topological polar surface area (TPSA) is 95.0 Å². The van der Waals surface area contributed by atoms with Crippen molar-refractivity contribution in [3.63, 3.8) is 0 Å². The largest absolute Gasteiger partial charge is 0.443 e. The summed E-state index contributed by atoms with van der Waals surface area (Å²) in [5.74, 6) is 0.00676. The Labute approximate surface area is 212 Å². The number of guanidine groups is 1. The highest BCUT2D eigenvalue weighted by atomic mass is 35.5. The maximum atomic E-state index is 13.4. The maximum absolute atomic E-state index is 13.4. The molecule has 10 nitrogen and oxygen atoms in total. The van der Waals surface area contributed by atoms with Gasteiger partial charge < -0.3 is 24.2 Å². The fourth-order valence-electron chi connectivity index (χ4n) is 3.29. The van der Waals surface area contributed by atoms with Crippen molar-refractivity contribution in [2.45, 2.75) is 66.2 Å². The molecule has 0 aliphatic carbocycles. The van der Waals surface area contributed by atoms with Gasteiger partial charge in [-0.15, -0.1) is 4.99 Å². The first kappa shape index (κ1) is 28.2. The van der Waals surface area contributed by atoms with Crippen LogP contribution in [-0.4, -0.2) is 82.4 Å². The van der Waals surface area contributed by atoms with Crippen LogP contribution >= 0.6 is 11.6 Å². The minimum atomic E-state index is -0.865. The highest BCUT2D eigenvalue weighted by Crippen LogP contribution is 2.21. The third kappa shape index (κ3) is 8.31. The SMILES string of the molecule is Cc1cc(CN(C(=O)OC(C)(C)C)C(=NC(=O)OC(C)(C)C)N2CN(C)C(=O)N(C)C2)ccc1Cl. The molecule has 0 unspecified atom stereocenters. The van der Waals surface area contributed by atoms with Crippen molar-refractivity contribution in [1.29, 1.82) is 0 Å². The van der Waals surface area contributed by atoms with Crippen molar-refractivity contribution in [2.75, 3.05) is 27.4 Å². The lowest BCUT2D eigenvalue weighted by molar-refractivity contribution is 0.0300. The Hall–Kier alpha value is -3.01. The first-order valence-corrected chi connectivity index (χ1v) is 11.6. The fourth-order valence-corrected chi connectivity index (χ4v) is 3.40. The molecule has 1 aromatic rings. The molecule has 1 aliphatic heterocycles. The molecule has 0 spiro atoms. The highest BCUT2D eigenvalue weighted by molar-refractivity contribution is 6.31. The summed E-state index contributed by atoms with van der Waals surface area (Å²) in [6, 6.07) is 5.18. The van der Waals surface area contributed by atoms with Crippen molar-refractivity contribution < 1.29 is 23.9 Å². The first-order chi connectivity index (χ1) is 16.0. The zero-order valence-electron chi connectivity index (χ0n) is 22.0. The molecular weight excluding hydrogens is 474 g/mol. The van der Waals surface area contributed by atoms with Crippen LogP contribution in [0.15, 0.2) is 23.2 Å². The van der Waals surface area contributed by atoms with Crippen molar-refractivity contribution >= 4 is 35.8 Å². The highest BCUT2D eigenvalue weighted by Gasteiger charge is 2.35. The number of rotatable bonds is 2. The number of aryl methyl sites for hydroxylation is 1. The Morgan fingerprint density at radius 2 is 1.57 bits per heavy atom. The van der Waals surface area contributed by atoms with Gasteiger partial charge in [0, 0.05) is 19.1 Å². The predicted molar refractivity (Wildman–Crippen MR) is 134 cm³/mol. The third-order valence-corrected chi connectivity index (χ3v) is 5.13. The van der Waals surface area contributed by atoms with E-state index in [1.165, 1.54) is 14.7 Å². The number of halogens is 1. The number of amides is 4. The second-order valence-electron chi connectivity index (χ2n) is 10.5. The van der Waals surface area contributed by atoms with E-state index in [0.29, 0.717) is 5.02 Å². The summed E-state index contributed by atoms with van der Waals surface area (Å²) in [5.41, 5.74) is 0.000883. The van der Waals surface area contributed by atoms with E-state index < -0.39 is 23.4 Å². The summed E-state index contributed by atoms with van der Waals surface area (Å²) in [6.07, 6.45) is -1.56. The standard InChI is InChI=1S/C24H36ClN5O5/c1-16-12-17(10-11-18(16)25)13-30(22(33)35-24(5,6)7)19(26-20(31)34-23(2,3)4)29-14-27(8)21(32)28(9)15-29/h10-12H,13-15H2,1-9H3. The van der Waals surface area contributed by atoms with Crippen LogP contribution in [-0.2, 0) is 16.0 Å². The summed E-state index contributed by atoms with van der Waals surface area (Å²) in [7, 11) is 3.24. The normalized spacial score (nSPS) is 15.3. The molecule has 1 fully saturated rings. The zero-order valence-corrected chi connectivity index (χ0v) is 22.8. The number of nitrogens with zero attached hydrogens (tertiary/aromatic N) is 5. The minimum absolute atomic E-state index is 0.00676. The van der Waals surface area contributed by atoms with Crippen LogP contribution < -0.4 is 0 Å². The quantitative estimate of drug-likeness (QED) is 0.416. The molecule has 0 atom stereocenters. The van der Waals surface area contributed by atoms with Crippen LogP contribution in [0, 0.1) is 6.92 Å². The van der Waals surface area contributed by atoms with Gasteiger partial charge >= 0.3 is 18.2 Å². The molecule has 4 amide bonds. The average Bonchev–Trinajstić information content (AvgIpc) is 2.68. The van der Waals surface area contributed by atoms with Gasteiger partial charge in [-0.2, -0.15) is 0 Å². The molecule has 194 valence electrons. The number of hydrogen-bond acceptors (Lipinski definition) is 5. The molecule has 0 aromatic heterocycles. The Morgan fingerprint density at radius 1 is 1.03 bits per heavy atom. The molecule has 2 rings (SSSR count). The van der Waals surface area contributed by atoms with E-state index in [1.807, 2.05) is 13.0 Å². The summed E-state index contributed by atoms with van der Waals surface area (Å²) in [6.45, 7) is 12.5. The van der Waals surface area contributed by atoms with E-state index in [1.54, 1.807) is 72.7 Å². The van der Waals surface area contributed by atoms with Crippen LogP contribution in [0.25, 0.3) is 0 Å². The summed E-state index contributed by atoms with van der Waals surface area (Å²) in [5, 5.41) is 0.595. The Kier molecular flexibility index (Phi) is 8.65. The van der Waals surface area contributed by atoms with Gasteiger partial charge in [-0.3, -0.25) is 0 Å². The number of benzene rings is 1. The molecule has 1 heterocycles. The number of carbonyl (C=O) groups excluding carboxylic acids is 3. The lowest BCUT2D eigenvalue weighted by Crippen LogP contribution is -2.60. The molecule has 1 aromatic carbocycles. The fraction of sp³-hybridized carbons (Fsp3) is 0.583. The minimum Gasteiger partial charge on any atom is -0.443 e. The number of carbonyl (C=O) groups is 3. The lowest BCUT2D eigenvalue weighted by atomic mass is 10.1. The van der Waals surface area contributed by atoms with Crippen LogP contribution in [0.2, 0.25) is 5.02 Å². The second-order valence-corrected chi connectivity index (χ2v) is 11.0. The Balaban J connectivity index is 2.59. The first-order valence-electron chi connectivity index (χ1n) is 11.3. The second kappa shape index (κ2) is 10.7. The maximum Gasteiger partial charge on any atom is 0.437 e. The third-order valence-electron chi connectivity index (χ3n) is 4.70. The van der Waals surface area contributed by atoms with Gasteiger partial charge in [-0.1, -0.05) is 23.7 Å². The van der Waals surface area contributed by atoms with E-state index in [4.69, 9.17) is 21.1 Å². The van der Waals surface area contributed by atoms with Gasteiger partial charge in [0.2, 0.25) is 5.96 Å². The van der Waals surface area contributed by atoms with Crippen LogP contribution in [0.3, 0.4) is 0 Å². The van der Waals surface area contributed by atoms with Gasteiger partial charge in [-0.25, -0.2) is 19.3 Å². The van der Waals surface area contributed by atoms with E-state index in [-0.39, 0.29) is 31.9 Å². The van der Waals surface area contributed by atoms with Crippen molar-refractivity contribution in [3.8, 4) is 0 Å². The van der Waals surface area contributed by atoms with Gasteiger partial charge in [0.15, 0.2) is 0 Å². The molecule has 1 saturated heterocycles. The smallest absolute Gasteiger partial charge is 0.437 e. The monoisotopic (exact) mass is 509 g/mol. The van der Waals surface area contributed by atoms with E-state index in [0.717, 1.165) is 11.1 Å². The summed E-state index contributed by atoms with van der Waals surface area (Å²) >= 11 is 6.19. The van der Waals surface area contributed by atoms with E-state index in [2.05, 4.69) is 4.99 Å². The lowest BCUT2D eigenvalue weighted by Gasteiger charge is -2.42. The molecular formula is C24H36ClN5O5. The number of urea groups is 1. The van der Waals surface area contributed by atoms with Crippen molar-refractivity contribution in [3.05, 3.63) is 34.3 Å². The van der Waals surface area contributed by atoms with Crippen LogP contribution in [0.1, 0.15) is 52.7 Å². The zero-order chi connectivity index (χ0) is 26.7. The van der Waals surface area contributed by atoms with E-state index >= 15 is 0 Å². The molecule has 11 heteroatoms. The number of hydrogen-bond donors (Lipinski definition) is 0. The molecule has 35 heavy (non-hydrogen) atoms. The van der Waals surface area contributed by atoms with E-state index in [9.17, 15) is 14.4 Å². The van der Waals surface area contributed by atoms with Crippen LogP contribution in [0.4, 0.5) is 14.4 Å². The molecule has 0 saturated carbocycles. The Bertz CT molecular complexity index is 985. The number of aliphatic imine (C=N–C) groups is 1. The Morgan fingerprint density at radius 3 is 2.06 bits per heavy atom. The number of ether oxygens (including phenoxy) is 2. The molecule has 0 bridgehead atoms. The average molecular weight is 510 g/mol. The van der Waals surface area contributed by atoms with Gasteiger partial charge in [0.25, 0.3) is 0 Å². The summed E-state index contributed by atoms with van der Waals surface area (Å²) in [4.78, 5) is 48.5. The van der Waals surface area contributed by atoms with Crippen molar-refractivity contribution in [1.82, 2.24) is 19.6 Å². The summed E-state index contributed by atoms with van der Waals surface area (Å²) < 4.78 is 11.1. The van der Waals surface area contributed by atoms with Crippen LogP contribution in [0.5, 0.6) is 0 Å². The molecule has 0 N–H and O–H groups in total. The van der Waals surface area contributed by atoms with Crippen molar-refractivity contribution in [2.24, 2.45) is 4.99 Å². The van der Waals surface area contributed by atoms with Gasteiger partial charge in [-0.05, 0) is 65.7 Å².